The zero-order valence-corrected chi connectivity index (χ0v) is 14.6. The highest BCUT2D eigenvalue weighted by molar-refractivity contribution is 7.15. The van der Waals surface area contributed by atoms with Crippen LogP contribution >= 0.6 is 11.3 Å². The lowest BCUT2D eigenvalue weighted by Crippen LogP contribution is -2.46. The molecule has 2 rings (SSSR count). The number of thiazole rings is 1. The second-order valence-electron chi connectivity index (χ2n) is 6.40. The van der Waals surface area contributed by atoms with Gasteiger partial charge in [-0.15, -0.1) is 11.3 Å². The second kappa shape index (κ2) is 6.48. The number of amides is 2. The van der Waals surface area contributed by atoms with E-state index >= 15 is 0 Å². The van der Waals surface area contributed by atoms with E-state index < -0.39 is 0 Å². The van der Waals surface area contributed by atoms with Crippen molar-refractivity contribution in [2.75, 3.05) is 0 Å². The van der Waals surface area contributed by atoms with Gasteiger partial charge in [0.15, 0.2) is 0 Å². The fourth-order valence-electron chi connectivity index (χ4n) is 2.07. The van der Waals surface area contributed by atoms with Crippen molar-refractivity contribution in [2.24, 2.45) is 0 Å². The average Bonchev–Trinajstić information content (AvgIpc) is 2.76. The van der Waals surface area contributed by atoms with Crippen LogP contribution in [0.2, 0.25) is 0 Å². The Kier molecular flexibility index (Phi) is 4.86. The maximum atomic E-state index is 11.8. The number of aryl methyl sites for hydroxylation is 2. The number of nitrogens with zero attached hydrogens (tertiary/aromatic N) is 1. The highest BCUT2D eigenvalue weighted by Gasteiger charge is 2.15. The van der Waals surface area contributed by atoms with Crippen LogP contribution in [0.25, 0.3) is 10.6 Å². The minimum Gasteiger partial charge on any atom is -0.334 e. The molecule has 0 atom stereocenters. The summed E-state index contributed by atoms with van der Waals surface area (Å²) in [4.78, 5) is 17.6. The average molecular weight is 317 g/mol. The molecule has 0 radical (unpaired) electrons. The van der Waals surface area contributed by atoms with Crippen LogP contribution in [0, 0.1) is 13.8 Å². The Bertz CT molecular complexity index is 671. The molecule has 0 aliphatic carbocycles. The van der Waals surface area contributed by atoms with Crippen molar-refractivity contribution in [3.63, 3.8) is 0 Å². The molecule has 0 spiro atoms. The quantitative estimate of drug-likeness (QED) is 0.898. The van der Waals surface area contributed by atoms with Crippen molar-refractivity contribution in [1.82, 2.24) is 15.6 Å². The first-order valence-corrected chi connectivity index (χ1v) is 8.16. The van der Waals surface area contributed by atoms with Crippen LogP contribution in [0.15, 0.2) is 24.3 Å². The number of carbonyl (C=O) groups excluding carboxylic acids is 1. The van der Waals surface area contributed by atoms with Crippen molar-refractivity contribution in [1.29, 1.82) is 0 Å². The van der Waals surface area contributed by atoms with Gasteiger partial charge < -0.3 is 10.6 Å². The summed E-state index contributed by atoms with van der Waals surface area (Å²) in [5, 5.41) is 6.79. The molecule has 1 aromatic carbocycles. The Balaban J connectivity index is 2.08. The monoisotopic (exact) mass is 317 g/mol. The van der Waals surface area contributed by atoms with E-state index in [1.165, 1.54) is 5.56 Å². The number of hydrogen-bond donors (Lipinski definition) is 2. The zero-order valence-electron chi connectivity index (χ0n) is 13.8. The number of nitrogens with one attached hydrogen (secondary N) is 2. The smallest absolute Gasteiger partial charge is 0.315 e. The number of hydrogen-bond acceptors (Lipinski definition) is 3. The van der Waals surface area contributed by atoms with E-state index in [0.717, 1.165) is 21.1 Å². The summed E-state index contributed by atoms with van der Waals surface area (Å²) in [6.45, 7) is 10.4. The van der Waals surface area contributed by atoms with E-state index in [9.17, 15) is 4.79 Å². The molecule has 1 aromatic heterocycles. The van der Waals surface area contributed by atoms with Gasteiger partial charge in [0.25, 0.3) is 0 Å². The van der Waals surface area contributed by atoms with Gasteiger partial charge in [0.2, 0.25) is 0 Å². The van der Waals surface area contributed by atoms with Gasteiger partial charge in [-0.1, -0.05) is 24.3 Å². The van der Waals surface area contributed by atoms with Crippen LogP contribution in [0.4, 0.5) is 4.79 Å². The highest BCUT2D eigenvalue weighted by atomic mass is 32.1. The first-order valence-electron chi connectivity index (χ1n) is 7.34. The molecule has 2 N–H and O–H groups in total. The number of aromatic nitrogens is 1. The Morgan fingerprint density at radius 2 is 1.91 bits per heavy atom. The van der Waals surface area contributed by atoms with Gasteiger partial charge >= 0.3 is 6.03 Å². The molecule has 0 fully saturated rings. The van der Waals surface area contributed by atoms with E-state index in [1.807, 2.05) is 39.8 Å². The molecule has 4 nitrogen and oxygen atoms in total. The molecule has 1 heterocycles. The van der Waals surface area contributed by atoms with Crippen molar-refractivity contribution >= 4 is 17.4 Å². The standard InChI is InChI=1S/C17H23N3OS/c1-11-8-6-7-9-13(11)15-19-12(2)14(22-15)10-18-16(21)20-17(3,4)5/h6-9H,10H2,1-5H3,(H2,18,20,21). The third kappa shape index (κ3) is 4.31. The summed E-state index contributed by atoms with van der Waals surface area (Å²) in [5.74, 6) is 0. The van der Waals surface area contributed by atoms with E-state index in [-0.39, 0.29) is 11.6 Å². The van der Waals surface area contributed by atoms with Gasteiger partial charge in [0.1, 0.15) is 5.01 Å². The SMILES string of the molecule is Cc1ccccc1-c1nc(C)c(CNC(=O)NC(C)(C)C)s1. The second-order valence-corrected chi connectivity index (χ2v) is 7.48. The molecule has 0 saturated carbocycles. The minimum absolute atomic E-state index is 0.155. The summed E-state index contributed by atoms with van der Waals surface area (Å²) in [7, 11) is 0. The molecule has 5 heteroatoms. The summed E-state index contributed by atoms with van der Waals surface area (Å²) in [6.07, 6.45) is 0. The molecule has 22 heavy (non-hydrogen) atoms. The molecular weight excluding hydrogens is 294 g/mol. The van der Waals surface area contributed by atoms with E-state index in [1.54, 1.807) is 11.3 Å². The molecule has 118 valence electrons. The Hall–Kier alpha value is -1.88. The topological polar surface area (TPSA) is 54.0 Å². The zero-order chi connectivity index (χ0) is 16.3. The maximum absolute atomic E-state index is 11.8. The lowest BCUT2D eigenvalue weighted by Gasteiger charge is -2.20. The number of carbonyl (C=O) groups is 1. The van der Waals surface area contributed by atoms with E-state index in [0.29, 0.717) is 6.54 Å². The molecular formula is C17H23N3OS. The number of urea groups is 1. The van der Waals surface area contributed by atoms with Crippen LogP contribution in [0.1, 0.15) is 36.9 Å². The third-order valence-electron chi connectivity index (χ3n) is 3.17. The van der Waals surface area contributed by atoms with Crippen molar-refractivity contribution in [2.45, 2.75) is 46.7 Å². The largest absolute Gasteiger partial charge is 0.334 e. The molecule has 0 unspecified atom stereocenters. The van der Waals surface area contributed by atoms with Crippen LogP contribution in [0.5, 0.6) is 0 Å². The van der Waals surface area contributed by atoms with Gasteiger partial charge in [0.05, 0.1) is 12.2 Å². The van der Waals surface area contributed by atoms with Crippen molar-refractivity contribution in [3.8, 4) is 10.6 Å². The summed E-state index contributed by atoms with van der Waals surface area (Å²) in [6, 6.07) is 8.06. The van der Waals surface area contributed by atoms with Crippen LogP contribution in [-0.4, -0.2) is 16.6 Å². The summed E-state index contributed by atoms with van der Waals surface area (Å²) < 4.78 is 0. The van der Waals surface area contributed by atoms with Crippen molar-refractivity contribution in [3.05, 3.63) is 40.4 Å². The van der Waals surface area contributed by atoms with Crippen LogP contribution in [0.3, 0.4) is 0 Å². The van der Waals surface area contributed by atoms with Gasteiger partial charge in [-0.05, 0) is 40.2 Å². The minimum atomic E-state index is -0.237. The fraction of sp³-hybridized carbons (Fsp3) is 0.412. The fourth-order valence-corrected chi connectivity index (χ4v) is 3.16. The van der Waals surface area contributed by atoms with Gasteiger partial charge in [-0.25, -0.2) is 9.78 Å². The summed E-state index contributed by atoms with van der Waals surface area (Å²) >= 11 is 1.63. The van der Waals surface area contributed by atoms with Crippen molar-refractivity contribution < 1.29 is 4.79 Å². The first-order chi connectivity index (χ1) is 10.3. The molecule has 0 bridgehead atoms. The first kappa shape index (κ1) is 16.5. The molecule has 0 aliphatic rings. The van der Waals surface area contributed by atoms with E-state index in [4.69, 9.17) is 0 Å². The Morgan fingerprint density at radius 1 is 1.23 bits per heavy atom. The maximum Gasteiger partial charge on any atom is 0.315 e. The molecule has 0 aliphatic heterocycles. The van der Waals surface area contributed by atoms with Gasteiger partial charge in [-0.2, -0.15) is 0 Å². The normalized spacial score (nSPS) is 11.3. The predicted molar refractivity (Wildman–Crippen MR) is 92.1 cm³/mol. The number of rotatable bonds is 3. The third-order valence-corrected chi connectivity index (χ3v) is 4.36. The number of benzene rings is 1. The van der Waals surface area contributed by atoms with E-state index in [2.05, 4.69) is 34.7 Å². The Morgan fingerprint density at radius 3 is 2.55 bits per heavy atom. The van der Waals surface area contributed by atoms with Gasteiger partial charge in [0, 0.05) is 16.0 Å². The molecule has 2 aromatic rings. The predicted octanol–water partition coefficient (Wildman–Crippen LogP) is 4.02. The van der Waals surface area contributed by atoms with Crippen LogP contribution < -0.4 is 10.6 Å². The summed E-state index contributed by atoms with van der Waals surface area (Å²) in [5.41, 5.74) is 3.10. The van der Waals surface area contributed by atoms with Gasteiger partial charge in [-0.3, -0.25) is 0 Å². The molecule has 2 amide bonds. The molecule has 0 saturated heterocycles. The Labute approximate surface area is 136 Å². The lowest BCUT2D eigenvalue weighted by molar-refractivity contribution is 0.231. The van der Waals surface area contributed by atoms with Crippen LogP contribution in [-0.2, 0) is 6.54 Å². The lowest BCUT2D eigenvalue weighted by atomic mass is 10.1. The highest BCUT2D eigenvalue weighted by Crippen LogP contribution is 2.29.